The number of carboxylic acid groups (broad SMARTS) is 1. The summed E-state index contributed by atoms with van der Waals surface area (Å²) in [6.07, 6.45) is 2.09. The van der Waals surface area contributed by atoms with E-state index >= 15 is 0 Å². The molecule has 4 atom stereocenters. The van der Waals surface area contributed by atoms with Crippen molar-refractivity contribution in [2.45, 2.75) is 68.4 Å². The van der Waals surface area contributed by atoms with Crippen LogP contribution in [0, 0.1) is 0 Å². The Balaban J connectivity index is 5.20. The molecule has 0 aliphatic rings. The van der Waals surface area contributed by atoms with Gasteiger partial charge < -0.3 is 38.3 Å². The number of carbonyl (C=O) groups is 5. The lowest BCUT2D eigenvalue weighted by Crippen LogP contribution is -2.58. The Morgan fingerprint density at radius 3 is 2.10 bits per heavy atom. The lowest BCUT2D eigenvalue weighted by atomic mass is 10.1. The molecule has 0 spiro atoms. The van der Waals surface area contributed by atoms with Crippen molar-refractivity contribution < 1.29 is 29.1 Å². The first-order valence-corrected chi connectivity index (χ1v) is 10.9. The quantitative estimate of drug-likeness (QED) is 0.0913. The smallest absolute Gasteiger partial charge is 0.326 e. The first-order valence-electron chi connectivity index (χ1n) is 10.0. The number of rotatable bonds is 16. The van der Waals surface area contributed by atoms with Crippen LogP contribution in [0.3, 0.4) is 0 Å². The van der Waals surface area contributed by atoms with Gasteiger partial charge in [0.15, 0.2) is 0 Å². The van der Waals surface area contributed by atoms with Gasteiger partial charge >= 0.3 is 5.97 Å². The van der Waals surface area contributed by atoms with E-state index < -0.39 is 52.6 Å². The molecular weight excluding hydrogens is 476 g/mol. The van der Waals surface area contributed by atoms with Crippen LogP contribution in [0.2, 0.25) is 0 Å². The van der Waals surface area contributed by atoms with Gasteiger partial charge in [0.2, 0.25) is 23.6 Å². The second-order valence-corrected chi connectivity index (χ2v) is 8.13. The SMILES string of the molecule is CCC[C@H](NC(=O)[C@H](CNC(=O)[C@@H](Br)CC(N)=O)NC(=O)[C@@H](N)CCCCN)C(=O)O. The highest BCUT2D eigenvalue weighted by molar-refractivity contribution is 9.10. The second-order valence-electron chi connectivity index (χ2n) is 7.02. The van der Waals surface area contributed by atoms with Crippen molar-refractivity contribution in [2.75, 3.05) is 13.1 Å². The zero-order valence-corrected chi connectivity index (χ0v) is 19.2. The fraction of sp³-hybridized carbons (Fsp3) is 0.722. The van der Waals surface area contributed by atoms with Crippen molar-refractivity contribution in [3.05, 3.63) is 0 Å². The minimum Gasteiger partial charge on any atom is -0.480 e. The van der Waals surface area contributed by atoms with Gasteiger partial charge in [-0.1, -0.05) is 35.7 Å². The van der Waals surface area contributed by atoms with E-state index in [0.29, 0.717) is 32.2 Å². The summed E-state index contributed by atoms with van der Waals surface area (Å²) >= 11 is 3.01. The van der Waals surface area contributed by atoms with Crippen LogP contribution in [0.4, 0.5) is 0 Å². The molecule has 10 N–H and O–H groups in total. The fourth-order valence-electron chi connectivity index (χ4n) is 2.53. The monoisotopic (exact) mass is 508 g/mol. The van der Waals surface area contributed by atoms with E-state index in [1.165, 1.54) is 0 Å². The van der Waals surface area contributed by atoms with E-state index in [1.807, 2.05) is 0 Å². The average molecular weight is 509 g/mol. The molecular formula is C18H33BrN6O6. The van der Waals surface area contributed by atoms with Gasteiger partial charge in [0.1, 0.15) is 16.9 Å². The minimum absolute atomic E-state index is 0.189. The molecule has 4 amide bonds. The Morgan fingerprint density at radius 1 is 0.968 bits per heavy atom. The number of primary amides is 1. The summed E-state index contributed by atoms with van der Waals surface area (Å²) in [6.45, 7) is 1.88. The molecule has 0 fully saturated rings. The van der Waals surface area contributed by atoms with Gasteiger partial charge in [0.25, 0.3) is 0 Å². The zero-order chi connectivity index (χ0) is 24.0. The Hall–Kier alpha value is -2.25. The zero-order valence-electron chi connectivity index (χ0n) is 17.6. The van der Waals surface area contributed by atoms with Crippen LogP contribution < -0.4 is 33.2 Å². The molecule has 31 heavy (non-hydrogen) atoms. The summed E-state index contributed by atoms with van der Waals surface area (Å²) in [5.41, 5.74) is 16.3. The summed E-state index contributed by atoms with van der Waals surface area (Å²) in [7, 11) is 0. The number of unbranched alkanes of at least 4 members (excludes halogenated alkanes) is 1. The Bertz CT molecular complexity index is 635. The van der Waals surface area contributed by atoms with Gasteiger partial charge in [-0.15, -0.1) is 0 Å². The fourth-order valence-corrected chi connectivity index (χ4v) is 3.01. The molecule has 12 nitrogen and oxygen atoms in total. The minimum atomic E-state index is -1.27. The third-order valence-electron chi connectivity index (χ3n) is 4.28. The summed E-state index contributed by atoms with van der Waals surface area (Å²) in [6, 6.07) is -3.32. The van der Waals surface area contributed by atoms with Gasteiger partial charge in [0.05, 0.1) is 6.04 Å². The van der Waals surface area contributed by atoms with E-state index in [2.05, 4.69) is 31.9 Å². The summed E-state index contributed by atoms with van der Waals surface area (Å²) in [5, 5.41) is 16.5. The normalized spacial score (nSPS) is 14.6. The van der Waals surface area contributed by atoms with Crippen LogP contribution >= 0.6 is 15.9 Å². The maximum absolute atomic E-state index is 12.6. The van der Waals surface area contributed by atoms with E-state index in [0.717, 1.165) is 0 Å². The van der Waals surface area contributed by atoms with Crippen molar-refractivity contribution in [3.8, 4) is 0 Å². The number of hydrogen-bond acceptors (Lipinski definition) is 7. The van der Waals surface area contributed by atoms with Gasteiger partial charge in [-0.3, -0.25) is 19.2 Å². The number of hydrogen-bond donors (Lipinski definition) is 7. The van der Waals surface area contributed by atoms with Crippen LogP contribution in [0.25, 0.3) is 0 Å². The van der Waals surface area contributed by atoms with E-state index in [9.17, 15) is 29.1 Å². The van der Waals surface area contributed by atoms with E-state index in [-0.39, 0.29) is 19.4 Å². The lowest BCUT2D eigenvalue weighted by molar-refractivity contribution is -0.142. The van der Waals surface area contributed by atoms with E-state index in [1.54, 1.807) is 6.92 Å². The lowest BCUT2D eigenvalue weighted by Gasteiger charge is -2.23. The molecule has 178 valence electrons. The van der Waals surface area contributed by atoms with Crippen LogP contribution in [0.5, 0.6) is 0 Å². The predicted molar refractivity (Wildman–Crippen MR) is 117 cm³/mol. The Morgan fingerprint density at radius 2 is 1.58 bits per heavy atom. The molecule has 0 aromatic rings. The highest BCUT2D eigenvalue weighted by Crippen LogP contribution is 2.05. The van der Waals surface area contributed by atoms with Gasteiger partial charge in [-0.25, -0.2) is 4.79 Å². The summed E-state index contributed by atoms with van der Waals surface area (Å²) in [5.74, 6) is -3.95. The average Bonchev–Trinajstić information content (AvgIpc) is 2.69. The molecule has 0 bridgehead atoms. The molecule has 0 saturated heterocycles. The molecule has 0 aliphatic carbocycles. The maximum Gasteiger partial charge on any atom is 0.326 e. The highest BCUT2D eigenvalue weighted by atomic mass is 79.9. The van der Waals surface area contributed by atoms with Crippen molar-refractivity contribution in [1.29, 1.82) is 0 Å². The van der Waals surface area contributed by atoms with Crippen LogP contribution in [-0.4, -0.2) is 70.7 Å². The van der Waals surface area contributed by atoms with Gasteiger partial charge in [0, 0.05) is 13.0 Å². The van der Waals surface area contributed by atoms with Crippen molar-refractivity contribution >= 4 is 45.5 Å². The largest absolute Gasteiger partial charge is 0.480 e. The third kappa shape index (κ3) is 12.3. The molecule has 0 rings (SSSR count). The molecule has 0 aromatic heterocycles. The van der Waals surface area contributed by atoms with Gasteiger partial charge in [-0.2, -0.15) is 0 Å². The standard InChI is InChI=1S/C18H33BrN6O6/c1-2-5-12(18(30)31)24-17(29)13(9-23-15(27)10(19)8-14(22)26)25-16(28)11(21)6-3-4-7-20/h10-13H,2-9,20-21H2,1H3,(H2,22,26)(H,23,27)(H,24,29)(H,25,28)(H,30,31)/t10-,11-,12-,13-/m0/s1. The number of carbonyl (C=O) groups excluding carboxylic acids is 4. The van der Waals surface area contributed by atoms with Crippen molar-refractivity contribution in [3.63, 3.8) is 0 Å². The Kier molecular flexibility index (Phi) is 14.4. The molecule has 13 heteroatoms. The van der Waals surface area contributed by atoms with Crippen molar-refractivity contribution in [2.24, 2.45) is 17.2 Å². The second kappa shape index (κ2) is 15.5. The molecule has 0 saturated carbocycles. The number of nitrogens with two attached hydrogens (primary N) is 3. The third-order valence-corrected chi connectivity index (χ3v) is 5.02. The first kappa shape index (κ1) is 28.8. The van der Waals surface area contributed by atoms with Crippen LogP contribution in [0.1, 0.15) is 45.4 Å². The highest BCUT2D eigenvalue weighted by Gasteiger charge is 2.28. The number of alkyl halides is 1. The maximum atomic E-state index is 12.6. The van der Waals surface area contributed by atoms with Crippen LogP contribution in [0.15, 0.2) is 0 Å². The van der Waals surface area contributed by atoms with Gasteiger partial charge in [-0.05, 0) is 25.8 Å². The number of halogens is 1. The molecule has 0 radical (unpaired) electrons. The molecule has 0 unspecified atom stereocenters. The summed E-state index contributed by atoms with van der Waals surface area (Å²) < 4.78 is 0. The topological polar surface area (TPSA) is 220 Å². The van der Waals surface area contributed by atoms with Crippen molar-refractivity contribution in [1.82, 2.24) is 16.0 Å². The molecule has 0 aliphatic heterocycles. The number of nitrogens with one attached hydrogen (secondary N) is 3. The first-order chi connectivity index (χ1) is 14.5. The Labute approximate surface area is 189 Å². The number of aliphatic carboxylic acids is 1. The van der Waals surface area contributed by atoms with Crippen LogP contribution in [-0.2, 0) is 24.0 Å². The predicted octanol–water partition coefficient (Wildman–Crippen LogP) is -1.95. The number of carboxylic acids is 1. The summed E-state index contributed by atoms with van der Waals surface area (Å²) in [4.78, 5) is 58.5. The molecule has 0 aromatic carbocycles. The molecule has 0 heterocycles. The number of amides is 4. The van der Waals surface area contributed by atoms with E-state index in [4.69, 9.17) is 17.2 Å².